The number of methoxy groups -OCH3 is 1. The van der Waals surface area contributed by atoms with Gasteiger partial charge in [0.05, 0.1) is 7.11 Å². The molecule has 0 unspecified atom stereocenters. The number of anilines is 1. The van der Waals surface area contributed by atoms with Crippen molar-refractivity contribution in [1.82, 2.24) is 0 Å². The summed E-state index contributed by atoms with van der Waals surface area (Å²) in [6.45, 7) is 0. The smallest absolute Gasteiger partial charge is 0.341 e. The molecule has 2 aromatic carbocycles. The van der Waals surface area contributed by atoms with Crippen molar-refractivity contribution in [2.75, 3.05) is 12.4 Å². The van der Waals surface area contributed by atoms with Gasteiger partial charge in [-0.25, -0.2) is 9.18 Å². The largest absolute Gasteiger partial charge is 0.465 e. The molecule has 1 aromatic heterocycles. The Kier molecular flexibility index (Phi) is 5.67. The summed E-state index contributed by atoms with van der Waals surface area (Å²) in [5.41, 5.74) is 1.98. The second kappa shape index (κ2) is 7.96. The third kappa shape index (κ3) is 3.94. The quantitative estimate of drug-likeness (QED) is 0.412. The molecule has 7 heteroatoms. The van der Waals surface area contributed by atoms with Crippen LogP contribution >= 0.6 is 33.9 Å². The molecular formula is C19H13FINO3S. The van der Waals surface area contributed by atoms with E-state index in [1.807, 2.05) is 12.1 Å². The van der Waals surface area contributed by atoms with Gasteiger partial charge >= 0.3 is 5.97 Å². The van der Waals surface area contributed by atoms with Gasteiger partial charge in [0, 0.05) is 20.1 Å². The molecule has 0 bridgehead atoms. The van der Waals surface area contributed by atoms with Crippen LogP contribution in [0.2, 0.25) is 0 Å². The number of benzene rings is 2. The summed E-state index contributed by atoms with van der Waals surface area (Å²) in [7, 11) is 1.28. The molecule has 0 aliphatic heterocycles. The zero-order valence-electron chi connectivity index (χ0n) is 13.6. The number of carbonyl (C=O) groups excluding carboxylic acids is 2. The Morgan fingerprint density at radius 1 is 1.08 bits per heavy atom. The number of rotatable bonds is 4. The van der Waals surface area contributed by atoms with Crippen molar-refractivity contribution in [1.29, 1.82) is 0 Å². The predicted molar refractivity (Wildman–Crippen MR) is 108 cm³/mol. The highest BCUT2D eigenvalue weighted by molar-refractivity contribution is 14.1. The van der Waals surface area contributed by atoms with Gasteiger partial charge in [-0.05, 0) is 64.6 Å². The topological polar surface area (TPSA) is 55.4 Å². The number of ether oxygens (including phenoxy) is 1. The van der Waals surface area contributed by atoms with Gasteiger partial charge in [0.2, 0.25) is 0 Å². The van der Waals surface area contributed by atoms with Gasteiger partial charge in [-0.15, -0.1) is 11.3 Å². The molecule has 3 aromatic rings. The van der Waals surface area contributed by atoms with Crippen LogP contribution in [0.25, 0.3) is 11.1 Å². The molecule has 0 aliphatic carbocycles. The van der Waals surface area contributed by atoms with E-state index in [0.717, 1.165) is 3.57 Å². The van der Waals surface area contributed by atoms with Crippen molar-refractivity contribution < 1.29 is 18.7 Å². The zero-order chi connectivity index (χ0) is 18.7. The lowest BCUT2D eigenvalue weighted by molar-refractivity contribution is 0.0603. The average molecular weight is 481 g/mol. The Hall–Kier alpha value is -2.26. The number of halogens is 2. The maximum atomic E-state index is 13.2. The van der Waals surface area contributed by atoms with Crippen molar-refractivity contribution >= 4 is 50.8 Å². The zero-order valence-corrected chi connectivity index (χ0v) is 16.6. The Morgan fingerprint density at radius 3 is 2.35 bits per heavy atom. The fourth-order valence-corrected chi connectivity index (χ4v) is 3.69. The van der Waals surface area contributed by atoms with Crippen molar-refractivity contribution in [3.63, 3.8) is 0 Å². The highest BCUT2D eigenvalue weighted by Gasteiger charge is 2.22. The molecule has 0 saturated carbocycles. The lowest BCUT2D eigenvalue weighted by Gasteiger charge is -2.08. The molecule has 0 spiro atoms. The third-order valence-corrected chi connectivity index (χ3v) is 5.28. The van der Waals surface area contributed by atoms with Crippen molar-refractivity contribution in [3.8, 4) is 11.1 Å². The van der Waals surface area contributed by atoms with Crippen molar-refractivity contribution in [3.05, 3.63) is 74.4 Å². The van der Waals surface area contributed by atoms with Crippen LogP contribution in [0.3, 0.4) is 0 Å². The van der Waals surface area contributed by atoms with Gasteiger partial charge in [0.25, 0.3) is 5.91 Å². The summed E-state index contributed by atoms with van der Waals surface area (Å²) in [5.74, 6) is -1.25. The van der Waals surface area contributed by atoms with E-state index < -0.39 is 5.97 Å². The molecule has 26 heavy (non-hydrogen) atoms. The second-order valence-corrected chi connectivity index (χ2v) is 7.44. The first-order valence-corrected chi connectivity index (χ1v) is 9.48. The Morgan fingerprint density at radius 2 is 1.73 bits per heavy atom. The van der Waals surface area contributed by atoms with Crippen LogP contribution in [0.4, 0.5) is 9.39 Å². The van der Waals surface area contributed by atoms with Gasteiger partial charge in [-0.1, -0.05) is 12.1 Å². The summed E-state index contributed by atoms with van der Waals surface area (Å²) in [6, 6.07) is 12.9. The molecule has 3 rings (SSSR count). The van der Waals surface area contributed by atoms with Crippen LogP contribution in [0, 0.1) is 9.39 Å². The van der Waals surface area contributed by atoms with E-state index >= 15 is 0 Å². The molecule has 0 radical (unpaired) electrons. The molecule has 132 valence electrons. The molecule has 0 saturated heterocycles. The SMILES string of the molecule is COC(=O)c1c(-c2ccc(F)cc2)csc1NC(=O)c1ccc(I)cc1. The first-order valence-electron chi connectivity index (χ1n) is 7.52. The average Bonchev–Trinajstić information content (AvgIpc) is 3.05. The fraction of sp³-hybridized carbons (Fsp3) is 0.0526. The van der Waals surface area contributed by atoms with E-state index in [4.69, 9.17) is 4.74 Å². The number of nitrogens with one attached hydrogen (secondary N) is 1. The Balaban J connectivity index is 1.96. The Labute approximate surface area is 167 Å². The minimum Gasteiger partial charge on any atom is -0.465 e. The van der Waals surface area contributed by atoms with Gasteiger partial charge in [0.1, 0.15) is 16.4 Å². The molecule has 0 fully saturated rings. The summed E-state index contributed by atoms with van der Waals surface area (Å²) < 4.78 is 19.1. The lowest BCUT2D eigenvalue weighted by atomic mass is 10.0. The standard InChI is InChI=1S/C19H13FINO3S/c1-25-19(24)16-15(11-2-6-13(20)7-3-11)10-26-18(16)22-17(23)12-4-8-14(21)9-5-12/h2-10H,1H3,(H,22,23). The molecule has 0 atom stereocenters. The normalized spacial score (nSPS) is 10.4. The first-order chi connectivity index (χ1) is 12.5. The monoisotopic (exact) mass is 481 g/mol. The fourth-order valence-electron chi connectivity index (χ4n) is 2.37. The summed E-state index contributed by atoms with van der Waals surface area (Å²) in [6.07, 6.45) is 0. The number of esters is 1. The van der Waals surface area contributed by atoms with Crippen LogP contribution in [-0.4, -0.2) is 19.0 Å². The molecule has 1 heterocycles. The summed E-state index contributed by atoms with van der Waals surface area (Å²) in [5, 5.41) is 4.89. The highest BCUT2D eigenvalue weighted by atomic mass is 127. The van der Waals surface area contributed by atoms with Crippen molar-refractivity contribution in [2.45, 2.75) is 0 Å². The minimum atomic E-state index is -0.566. The number of hydrogen-bond donors (Lipinski definition) is 1. The summed E-state index contributed by atoms with van der Waals surface area (Å²) >= 11 is 3.37. The van der Waals surface area contributed by atoms with Crippen LogP contribution in [0.1, 0.15) is 20.7 Å². The van der Waals surface area contributed by atoms with Gasteiger partial charge in [-0.2, -0.15) is 0 Å². The molecule has 1 N–H and O–H groups in total. The second-order valence-electron chi connectivity index (χ2n) is 5.31. The maximum Gasteiger partial charge on any atom is 0.341 e. The minimum absolute atomic E-state index is 0.253. The molecule has 0 aliphatic rings. The van der Waals surface area contributed by atoms with Gasteiger partial charge in [0.15, 0.2) is 0 Å². The third-order valence-electron chi connectivity index (χ3n) is 3.67. The number of hydrogen-bond acceptors (Lipinski definition) is 4. The molecule has 1 amide bonds. The van der Waals surface area contributed by atoms with Gasteiger partial charge in [-0.3, -0.25) is 4.79 Å². The molecule has 4 nitrogen and oxygen atoms in total. The first kappa shape index (κ1) is 18.5. The lowest BCUT2D eigenvalue weighted by Crippen LogP contribution is -2.14. The van der Waals surface area contributed by atoms with E-state index in [2.05, 4.69) is 27.9 Å². The van der Waals surface area contributed by atoms with Crippen LogP contribution < -0.4 is 5.32 Å². The van der Waals surface area contributed by atoms with E-state index in [-0.39, 0.29) is 17.3 Å². The summed E-state index contributed by atoms with van der Waals surface area (Å²) in [4.78, 5) is 24.7. The number of carbonyl (C=O) groups is 2. The van der Waals surface area contributed by atoms with E-state index in [9.17, 15) is 14.0 Å². The maximum absolute atomic E-state index is 13.2. The molecular weight excluding hydrogens is 468 g/mol. The van der Waals surface area contributed by atoms with Crippen LogP contribution in [-0.2, 0) is 4.74 Å². The van der Waals surface area contributed by atoms with Crippen LogP contribution in [0.15, 0.2) is 53.9 Å². The number of amides is 1. The van der Waals surface area contributed by atoms with E-state index in [1.54, 1.807) is 29.6 Å². The van der Waals surface area contributed by atoms with Crippen LogP contribution in [0.5, 0.6) is 0 Å². The Bertz CT molecular complexity index is 952. The number of thiophene rings is 1. The highest BCUT2D eigenvalue weighted by Crippen LogP contribution is 2.36. The van der Waals surface area contributed by atoms with E-state index in [1.165, 1.54) is 30.6 Å². The predicted octanol–water partition coefficient (Wildman–Crippen LogP) is 5.20. The van der Waals surface area contributed by atoms with Crippen molar-refractivity contribution in [2.24, 2.45) is 0 Å². The van der Waals surface area contributed by atoms with E-state index in [0.29, 0.717) is 21.7 Å². The van der Waals surface area contributed by atoms with Gasteiger partial charge < -0.3 is 10.1 Å².